The second-order valence-electron chi connectivity index (χ2n) is 3.09. The highest BCUT2D eigenvalue weighted by Crippen LogP contribution is 2.28. The van der Waals surface area contributed by atoms with E-state index in [1.165, 1.54) is 6.33 Å². The van der Waals surface area contributed by atoms with Gasteiger partial charge in [0.25, 0.3) is 0 Å². The zero-order valence-corrected chi connectivity index (χ0v) is 9.28. The molecular formula is C11H8Cl2N2. The molecule has 2 aromatic rings. The maximum atomic E-state index is 6.26. The molecule has 1 heterocycles. The highest BCUT2D eigenvalue weighted by molar-refractivity contribution is 6.30. The third-order valence-corrected chi connectivity index (χ3v) is 2.79. The van der Waals surface area contributed by atoms with Crippen molar-refractivity contribution in [3.05, 3.63) is 59.1 Å². The van der Waals surface area contributed by atoms with Gasteiger partial charge in [-0.3, -0.25) is 0 Å². The van der Waals surface area contributed by atoms with Crippen LogP contribution < -0.4 is 0 Å². The van der Waals surface area contributed by atoms with Gasteiger partial charge >= 0.3 is 0 Å². The molecule has 0 saturated carbocycles. The van der Waals surface area contributed by atoms with E-state index in [1.54, 1.807) is 12.4 Å². The summed E-state index contributed by atoms with van der Waals surface area (Å²) in [7, 11) is 0. The van der Waals surface area contributed by atoms with Crippen molar-refractivity contribution in [2.24, 2.45) is 0 Å². The lowest BCUT2D eigenvalue weighted by Gasteiger charge is -2.08. The Bertz CT molecular complexity index is 428. The molecule has 0 spiro atoms. The van der Waals surface area contributed by atoms with Crippen LogP contribution in [0.2, 0.25) is 5.02 Å². The summed E-state index contributed by atoms with van der Waals surface area (Å²) in [6.07, 6.45) is 4.90. The lowest BCUT2D eigenvalue weighted by Crippen LogP contribution is -1.94. The topological polar surface area (TPSA) is 25.8 Å². The minimum atomic E-state index is -0.233. The Morgan fingerprint density at radius 3 is 2.13 bits per heavy atom. The largest absolute Gasteiger partial charge is 0.244 e. The number of benzene rings is 1. The Kier molecular flexibility index (Phi) is 3.19. The van der Waals surface area contributed by atoms with Crippen LogP contribution in [-0.2, 0) is 0 Å². The van der Waals surface area contributed by atoms with Crippen molar-refractivity contribution in [2.75, 3.05) is 0 Å². The first-order valence-electron chi connectivity index (χ1n) is 4.42. The average Bonchev–Trinajstić information content (AvgIpc) is 2.30. The molecule has 0 fully saturated rings. The summed E-state index contributed by atoms with van der Waals surface area (Å²) in [5, 5.41) is 0.468. The van der Waals surface area contributed by atoms with E-state index in [0.717, 1.165) is 11.1 Å². The molecule has 0 saturated heterocycles. The van der Waals surface area contributed by atoms with Gasteiger partial charge in [-0.15, -0.1) is 11.6 Å². The quantitative estimate of drug-likeness (QED) is 0.750. The zero-order valence-electron chi connectivity index (χ0n) is 7.77. The molecule has 0 aliphatic carbocycles. The fourth-order valence-electron chi connectivity index (χ4n) is 1.27. The maximum absolute atomic E-state index is 6.26. The summed E-state index contributed by atoms with van der Waals surface area (Å²) in [4.78, 5) is 7.85. The van der Waals surface area contributed by atoms with E-state index < -0.39 is 0 Å². The van der Waals surface area contributed by atoms with Crippen molar-refractivity contribution in [3.8, 4) is 0 Å². The van der Waals surface area contributed by atoms with Crippen molar-refractivity contribution in [1.82, 2.24) is 9.97 Å². The van der Waals surface area contributed by atoms with Gasteiger partial charge in [0.2, 0.25) is 0 Å². The second kappa shape index (κ2) is 4.60. The standard InChI is InChI=1S/C11H8Cl2N2/c12-10-3-1-8(2-4-10)11(13)9-5-14-7-15-6-9/h1-7,11H. The summed E-state index contributed by atoms with van der Waals surface area (Å²) < 4.78 is 0. The Morgan fingerprint density at radius 1 is 0.933 bits per heavy atom. The van der Waals surface area contributed by atoms with E-state index in [9.17, 15) is 0 Å². The maximum Gasteiger partial charge on any atom is 0.115 e. The van der Waals surface area contributed by atoms with Gasteiger partial charge in [0.05, 0.1) is 5.38 Å². The van der Waals surface area contributed by atoms with E-state index in [0.29, 0.717) is 5.02 Å². The number of alkyl halides is 1. The highest BCUT2D eigenvalue weighted by atomic mass is 35.5. The predicted molar refractivity (Wildman–Crippen MR) is 61.2 cm³/mol. The fraction of sp³-hybridized carbons (Fsp3) is 0.0909. The Morgan fingerprint density at radius 2 is 1.53 bits per heavy atom. The molecule has 15 heavy (non-hydrogen) atoms. The minimum Gasteiger partial charge on any atom is -0.244 e. The van der Waals surface area contributed by atoms with Crippen LogP contribution in [0.1, 0.15) is 16.5 Å². The third-order valence-electron chi connectivity index (χ3n) is 2.04. The van der Waals surface area contributed by atoms with Crippen LogP contribution in [0.3, 0.4) is 0 Å². The van der Waals surface area contributed by atoms with Crippen LogP contribution in [0.5, 0.6) is 0 Å². The van der Waals surface area contributed by atoms with Gasteiger partial charge in [-0.25, -0.2) is 9.97 Å². The Hall–Kier alpha value is -1.12. The first kappa shape index (κ1) is 10.4. The number of aromatic nitrogens is 2. The number of rotatable bonds is 2. The van der Waals surface area contributed by atoms with Crippen molar-refractivity contribution in [2.45, 2.75) is 5.38 Å². The van der Waals surface area contributed by atoms with Crippen molar-refractivity contribution >= 4 is 23.2 Å². The van der Waals surface area contributed by atoms with Crippen molar-refractivity contribution in [3.63, 3.8) is 0 Å². The van der Waals surface area contributed by atoms with Crippen LogP contribution >= 0.6 is 23.2 Å². The minimum absolute atomic E-state index is 0.233. The predicted octanol–water partition coefficient (Wildman–Crippen LogP) is 3.46. The number of nitrogens with zero attached hydrogens (tertiary/aromatic N) is 2. The number of halogens is 2. The zero-order chi connectivity index (χ0) is 10.7. The Balaban J connectivity index is 2.29. The first-order chi connectivity index (χ1) is 7.27. The van der Waals surface area contributed by atoms with Crippen LogP contribution in [0.25, 0.3) is 0 Å². The molecule has 0 radical (unpaired) electrons. The molecule has 0 N–H and O–H groups in total. The van der Waals surface area contributed by atoms with Crippen LogP contribution in [0, 0.1) is 0 Å². The van der Waals surface area contributed by atoms with Gasteiger partial charge in [0.15, 0.2) is 0 Å². The Labute approximate surface area is 97.9 Å². The third kappa shape index (κ3) is 2.46. The van der Waals surface area contributed by atoms with Gasteiger partial charge in [-0.1, -0.05) is 23.7 Å². The summed E-state index contributed by atoms with van der Waals surface area (Å²) >= 11 is 12.1. The molecule has 1 aromatic heterocycles. The van der Waals surface area contributed by atoms with Crippen LogP contribution in [-0.4, -0.2) is 9.97 Å². The molecule has 0 aliphatic heterocycles. The molecule has 0 aliphatic rings. The molecule has 4 heteroatoms. The molecule has 2 rings (SSSR count). The van der Waals surface area contributed by atoms with Gasteiger partial charge < -0.3 is 0 Å². The van der Waals surface area contributed by atoms with Crippen LogP contribution in [0.4, 0.5) is 0 Å². The molecule has 0 amide bonds. The number of hydrogen-bond donors (Lipinski definition) is 0. The second-order valence-corrected chi connectivity index (χ2v) is 3.96. The fourth-order valence-corrected chi connectivity index (χ4v) is 1.65. The van der Waals surface area contributed by atoms with E-state index in [-0.39, 0.29) is 5.38 Å². The molecule has 76 valence electrons. The highest BCUT2D eigenvalue weighted by Gasteiger charge is 2.10. The summed E-state index contributed by atoms with van der Waals surface area (Å²) in [6, 6.07) is 7.42. The van der Waals surface area contributed by atoms with E-state index >= 15 is 0 Å². The summed E-state index contributed by atoms with van der Waals surface area (Å²) in [5.74, 6) is 0. The SMILES string of the molecule is Clc1ccc(C(Cl)c2cncnc2)cc1. The molecule has 1 aromatic carbocycles. The van der Waals surface area contributed by atoms with Gasteiger partial charge in [-0.2, -0.15) is 0 Å². The average molecular weight is 239 g/mol. The van der Waals surface area contributed by atoms with Gasteiger partial charge in [0, 0.05) is 23.0 Å². The lowest BCUT2D eigenvalue weighted by molar-refractivity contribution is 1.05. The molecule has 1 atom stereocenters. The van der Waals surface area contributed by atoms with Crippen molar-refractivity contribution in [1.29, 1.82) is 0 Å². The van der Waals surface area contributed by atoms with Gasteiger partial charge in [-0.05, 0) is 17.7 Å². The molecule has 0 bridgehead atoms. The molecule has 2 nitrogen and oxygen atoms in total. The normalized spacial score (nSPS) is 12.4. The monoisotopic (exact) mass is 238 g/mol. The van der Waals surface area contributed by atoms with E-state index in [2.05, 4.69) is 9.97 Å². The van der Waals surface area contributed by atoms with E-state index in [1.807, 2.05) is 24.3 Å². The molecule has 1 unspecified atom stereocenters. The first-order valence-corrected chi connectivity index (χ1v) is 5.23. The summed E-state index contributed by atoms with van der Waals surface area (Å²) in [6.45, 7) is 0. The van der Waals surface area contributed by atoms with Gasteiger partial charge in [0.1, 0.15) is 6.33 Å². The van der Waals surface area contributed by atoms with Crippen molar-refractivity contribution < 1.29 is 0 Å². The smallest absolute Gasteiger partial charge is 0.115 e. The number of hydrogen-bond acceptors (Lipinski definition) is 2. The van der Waals surface area contributed by atoms with Crippen LogP contribution in [0.15, 0.2) is 43.0 Å². The van der Waals surface area contributed by atoms with E-state index in [4.69, 9.17) is 23.2 Å². The lowest BCUT2D eigenvalue weighted by atomic mass is 10.1. The molecular weight excluding hydrogens is 231 g/mol. The summed E-state index contributed by atoms with van der Waals surface area (Å²) in [5.41, 5.74) is 1.86.